The number of hydrogen-bond acceptors (Lipinski definition) is 4. The summed E-state index contributed by atoms with van der Waals surface area (Å²) in [6.45, 7) is 4.12. The number of aromatic amines is 1. The van der Waals surface area contributed by atoms with Crippen molar-refractivity contribution in [3.05, 3.63) is 64.8 Å². The van der Waals surface area contributed by atoms with Crippen molar-refractivity contribution in [2.75, 3.05) is 13.7 Å². The van der Waals surface area contributed by atoms with E-state index in [-0.39, 0.29) is 29.9 Å². The Kier molecular flexibility index (Phi) is 9.79. The van der Waals surface area contributed by atoms with Crippen molar-refractivity contribution >= 4 is 28.5 Å². The summed E-state index contributed by atoms with van der Waals surface area (Å²) in [6.07, 6.45) is 6.91. The fourth-order valence-electron chi connectivity index (χ4n) is 5.70. The lowest BCUT2D eigenvalue weighted by atomic mass is 9.83. The van der Waals surface area contributed by atoms with E-state index in [2.05, 4.69) is 39.9 Å². The van der Waals surface area contributed by atoms with Crippen LogP contribution >= 0.6 is 0 Å². The van der Waals surface area contributed by atoms with Gasteiger partial charge in [0.2, 0.25) is 11.8 Å². The van der Waals surface area contributed by atoms with Gasteiger partial charge in [0.15, 0.2) is 0 Å². The van der Waals surface area contributed by atoms with Crippen LogP contribution in [0.2, 0.25) is 0 Å². The van der Waals surface area contributed by atoms with Gasteiger partial charge in [-0.05, 0) is 80.8 Å². The number of nitrogens with one attached hydrogen (secondary N) is 3. The average Bonchev–Trinajstić information content (AvgIpc) is 3.24. The first kappa shape index (κ1) is 28.4. The maximum Gasteiger partial charge on any atom is 0.242 e. The van der Waals surface area contributed by atoms with E-state index in [0.29, 0.717) is 19.4 Å². The number of carbonyl (C=O) groups is 3. The van der Waals surface area contributed by atoms with Crippen LogP contribution in [0.5, 0.6) is 5.75 Å². The highest BCUT2D eigenvalue weighted by Gasteiger charge is 2.25. The van der Waals surface area contributed by atoms with Gasteiger partial charge in [0.05, 0.1) is 13.5 Å². The lowest BCUT2D eigenvalue weighted by Gasteiger charge is -2.27. The van der Waals surface area contributed by atoms with Crippen molar-refractivity contribution < 1.29 is 19.1 Å². The highest BCUT2D eigenvalue weighted by Crippen LogP contribution is 2.31. The summed E-state index contributed by atoms with van der Waals surface area (Å²) < 4.78 is 5.38. The Morgan fingerprint density at radius 2 is 1.92 bits per heavy atom. The van der Waals surface area contributed by atoms with Crippen LogP contribution in [0.3, 0.4) is 0 Å². The van der Waals surface area contributed by atoms with Crippen LogP contribution in [0, 0.1) is 6.92 Å². The number of carbonyl (C=O) groups excluding carboxylic acids is 3. The summed E-state index contributed by atoms with van der Waals surface area (Å²) >= 11 is 0. The molecule has 7 heteroatoms. The number of Topliss-reactive ketones (excluding diaryl/α,β-unsaturated/α-hetero) is 1. The first-order chi connectivity index (χ1) is 18.9. The van der Waals surface area contributed by atoms with Crippen molar-refractivity contribution in [2.45, 2.75) is 83.6 Å². The summed E-state index contributed by atoms with van der Waals surface area (Å²) in [5.41, 5.74) is 5.46. The first-order valence-corrected chi connectivity index (χ1v) is 14.1. The molecule has 7 nitrogen and oxygen atoms in total. The van der Waals surface area contributed by atoms with Crippen LogP contribution < -0.4 is 15.4 Å². The molecule has 0 saturated carbocycles. The first-order valence-electron chi connectivity index (χ1n) is 14.1. The molecule has 39 heavy (non-hydrogen) atoms. The molecule has 0 aliphatic heterocycles. The molecule has 2 amide bonds. The number of rotatable bonds is 13. The number of ketones is 1. The summed E-state index contributed by atoms with van der Waals surface area (Å²) in [4.78, 5) is 41.2. The predicted molar refractivity (Wildman–Crippen MR) is 154 cm³/mol. The summed E-state index contributed by atoms with van der Waals surface area (Å²) in [5, 5.41) is 7.11. The molecule has 0 radical (unpaired) electrons. The van der Waals surface area contributed by atoms with E-state index in [0.717, 1.165) is 66.4 Å². The van der Waals surface area contributed by atoms with Gasteiger partial charge in [0.25, 0.3) is 0 Å². The minimum absolute atomic E-state index is 0.143. The van der Waals surface area contributed by atoms with E-state index in [9.17, 15) is 14.4 Å². The normalized spacial score (nSPS) is 15.4. The highest BCUT2D eigenvalue weighted by atomic mass is 16.5. The van der Waals surface area contributed by atoms with E-state index in [1.165, 1.54) is 11.1 Å². The number of amides is 2. The smallest absolute Gasteiger partial charge is 0.242 e. The van der Waals surface area contributed by atoms with Crippen molar-refractivity contribution in [3.8, 4) is 5.75 Å². The molecule has 208 valence electrons. The Balaban J connectivity index is 1.42. The van der Waals surface area contributed by atoms with Gasteiger partial charge in [-0.25, -0.2) is 0 Å². The van der Waals surface area contributed by atoms with Crippen LogP contribution in [-0.4, -0.2) is 42.3 Å². The lowest BCUT2D eigenvalue weighted by molar-refractivity contribution is -0.129. The van der Waals surface area contributed by atoms with Crippen molar-refractivity contribution in [3.63, 3.8) is 0 Å². The van der Waals surface area contributed by atoms with Gasteiger partial charge in [0, 0.05) is 35.5 Å². The zero-order valence-corrected chi connectivity index (χ0v) is 23.4. The molecule has 3 aromatic rings. The number of fused-ring (bicyclic) bond motifs is 2. The summed E-state index contributed by atoms with van der Waals surface area (Å²) in [6, 6.07) is 13.6. The SMILES string of the molecule is COc1ccc2[nH]c(C)c(CC(=O)N[C@@H](CCCCCC(C)=O)C(=O)NCC3CCCc4ccccc43)c2c1. The Labute approximate surface area is 231 Å². The van der Waals surface area contributed by atoms with Gasteiger partial charge in [-0.1, -0.05) is 37.1 Å². The van der Waals surface area contributed by atoms with E-state index < -0.39 is 6.04 Å². The second-order valence-corrected chi connectivity index (χ2v) is 10.8. The molecule has 1 unspecified atom stereocenters. The molecule has 0 saturated heterocycles. The fourth-order valence-corrected chi connectivity index (χ4v) is 5.70. The summed E-state index contributed by atoms with van der Waals surface area (Å²) in [5.74, 6) is 0.866. The molecule has 0 fully saturated rings. The molecule has 0 spiro atoms. The van der Waals surface area contributed by atoms with Gasteiger partial charge < -0.3 is 25.1 Å². The maximum absolute atomic E-state index is 13.4. The monoisotopic (exact) mass is 531 g/mol. The third-order valence-corrected chi connectivity index (χ3v) is 7.85. The van der Waals surface area contributed by atoms with Gasteiger partial charge in [-0.15, -0.1) is 0 Å². The zero-order valence-electron chi connectivity index (χ0n) is 23.4. The quantitative estimate of drug-likeness (QED) is 0.261. The predicted octanol–water partition coefficient (Wildman–Crippen LogP) is 5.29. The summed E-state index contributed by atoms with van der Waals surface area (Å²) in [7, 11) is 1.62. The van der Waals surface area contributed by atoms with Crippen molar-refractivity contribution in [1.29, 1.82) is 0 Å². The molecular weight excluding hydrogens is 490 g/mol. The molecule has 1 aliphatic carbocycles. The van der Waals surface area contributed by atoms with Crippen LogP contribution in [0.25, 0.3) is 10.9 Å². The van der Waals surface area contributed by atoms with E-state index in [1.807, 2.05) is 25.1 Å². The second kappa shape index (κ2) is 13.5. The molecule has 0 bridgehead atoms. The number of H-pyrrole nitrogens is 1. The lowest BCUT2D eigenvalue weighted by Crippen LogP contribution is -2.48. The number of hydrogen-bond donors (Lipinski definition) is 3. The number of aromatic nitrogens is 1. The number of ether oxygens (including phenoxy) is 1. The Hall–Kier alpha value is -3.61. The zero-order chi connectivity index (χ0) is 27.8. The minimum Gasteiger partial charge on any atom is -0.497 e. The topological polar surface area (TPSA) is 100 Å². The van der Waals surface area contributed by atoms with Crippen molar-refractivity contribution in [1.82, 2.24) is 15.6 Å². The van der Waals surface area contributed by atoms with E-state index >= 15 is 0 Å². The van der Waals surface area contributed by atoms with Gasteiger partial charge in [-0.2, -0.15) is 0 Å². The van der Waals surface area contributed by atoms with Crippen LogP contribution in [0.1, 0.15) is 80.2 Å². The van der Waals surface area contributed by atoms with Crippen LogP contribution in [0.15, 0.2) is 42.5 Å². The van der Waals surface area contributed by atoms with Gasteiger partial charge in [0.1, 0.15) is 17.6 Å². The third-order valence-electron chi connectivity index (χ3n) is 7.85. The van der Waals surface area contributed by atoms with Gasteiger partial charge in [-0.3, -0.25) is 9.59 Å². The Morgan fingerprint density at radius 3 is 2.72 bits per heavy atom. The minimum atomic E-state index is -0.617. The Bertz CT molecular complexity index is 1310. The molecule has 2 aromatic carbocycles. The van der Waals surface area contributed by atoms with E-state index in [1.54, 1.807) is 14.0 Å². The van der Waals surface area contributed by atoms with Crippen molar-refractivity contribution in [2.24, 2.45) is 0 Å². The standard InChI is InChI=1S/C32H41N3O4/c1-21(36)10-5-4-6-15-30(32(38)33-20-24-13-9-12-23-11-7-8-14-26(23)24)35-31(37)19-27-22(2)34-29-17-16-25(39-3)18-28(27)29/h7-8,11,14,16-18,24,30,34H,4-6,9-10,12-13,15,19-20H2,1-3H3,(H,33,38)(H,35,37)/t24?,30-/m0/s1. The fraction of sp³-hybridized carbons (Fsp3) is 0.469. The van der Waals surface area contributed by atoms with Crippen LogP contribution in [0.4, 0.5) is 0 Å². The molecule has 4 rings (SSSR count). The third kappa shape index (κ3) is 7.49. The molecule has 3 N–H and O–H groups in total. The van der Waals surface area contributed by atoms with Crippen LogP contribution in [-0.2, 0) is 27.2 Å². The van der Waals surface area contributed by atoms with E-state index in [4.69, 9.17) is 4.74 Å². The second-order valence-electron chi connectivity index (χ2n) is 10.8. The molecule has 1 aromatic heterocycles. The molecule has 2 atom stereocenters. The maximum atomic E-state index is 13.4. The number of unbranched alkanes of at least 4 members (excludes halogenated alkanes) is 2. The molecule has 1 heterocycles. The Morgan fingerprint density at radius 1 is 1.10 bits per heavy atom. The number of benzene rings is 2. The molecular formula is C32H41N3O4. The number of aryl methyl sites for hydroxylation is 2. The largest absolute Gasteiger partial charge is 0.497 e. The van der Waals surface area contributed by atoms with Gasteiger partial charge >= 0.3 is 0 Å². The highest BCUT2D eigenvalue weighted by molar-refractivity contribution is 5.93. The number of methoxy groups -OCH3 is 1. The average molecular weight is 532 g/mol. The molecule has 1 aliphatic rings.